The molecule has 0 amide bonds. The van der Waals surface area contributed by atoms with Crippen LogP contribution in [-0.4, -0.2) is 23.2 Å². The van der Waals surface area contributed by atoms with Crippen LogP contribution in [0.5, 0.6) is 0 Å². The Morgan fingerprint density at radius 1 is 1.28 bits per heavy atom. The SMILES string of the molecule is CCCc1ccc(C2C(C)NNC2C(=O)O)cc1. The number of nitrogens with one attached hydrogen (secondary N) is 2. The van der Waals surface area contributed by atoms with Gasteiger partial charge in [-0.1, -0.05) is 37.6 Å². The third kappa shape index (κ3) is 2.54. The third-order valence-corrected chi connectivity index (χ3v) is 3.53. The van der Waals surface area contributed by atoms with E-state index in [4.69, 9.17) is 0 Å². The highest BCUT2D eigenvalue weighted by atomic mass is 16.4. The Kier molecular flexibility index (Phi) is 3.99. The van der Waals surface area contributed by atoms with E-state index >= 15 is 0 Å². The van der Waals surface area contributed by atoms with E-state index in [1.165, 1.54) is 5.56 Å². The Morgan fingerprint density at radius 3 is 2.50 bits per heavy atom. The van der Waals surface area contributed by atoms with Crippen molar-refractivity contribution < 1.29 is 9.90 Å². The van der Waals surface area contributed by atoms with Crippen molar-refractivity contribution in [1.29, 1.82) is 0 Å². The lowest BCUT2D eigenvalue weighted by Crippen LogP contribution is -2.38. The molecule has 0 saturated carbocycles. The summed E-state index contributed by atoms with van der Waals surface area (Å²) >= 11 is 0. The van der Waals surface area contributed by atoms with Crippen molar-refractivity contribution >= 4 is 5.97 Å². The van der Waals surface area contributed by atoms with Crippen molar-refractivity contribution in [3.05, 3.63) is 35.4 Å². The predicted octanol–water partition coefficient (Wildman–Crippen LogP) is 1.67. The van der Waals surface area contributed by atoms with Gasteiger partial charge in [-0.2, -0.15) is 0 Å². The summed E-state index contributed by atoms with van der Waals surface area (Å²) in [5, 5.41) is 9.20. The van der Waals surface area contributed by atoms with Gasteiger partial charge in [-0.25, -0.2) is 5.43 Å². The van der Waals surface area contributed by atoms with Crippen molar-refractivity contribution in [2.75, 3.05) is 0 Å². The van der Waals surface area contributed by atoms with E-state index in [9.17, 15) is 9.90 Å². The maximum Gasteiger partial charge on any atom is 0.322 e. The summed E-state index contributed by atoms with van der Waals surface area (Å²) in [7, 11) is 0. The summed E-state index contributed by atoms with van der Waals surface area (Å²) in [5.41, 5.74) is 8.23. The fourth-order valence-corrected chi connectivity index (χ4v) is 2.58. The van der Waals surface area contributed by atoms with E-state index in [2.05, 4.69) is 42.0 Å². The summed E-state index contributed by atoms with van der Waals surface area (Å²) in [6.07, 6.45) is 2.19. The first-order chi connectivity index (χ1) is 8.63. The van der Waals surface area contributed by atoms with Crippen LogP contribution in [-0.2, 0) is 11.2 Å². The molecule has 18 heavy (non-hydrogen) atoms. The summed E-state index contributed by atoms with van der Waals surface area (Å²) in [4.78, 5) is 11.2. The minimum absolute atomic E-state index is 0.0295. The zero-order valence-electron chi connectivity index (χ0n) is 10.8. The quantitative estimate of drug-likeness (QED) is 0.758. The van der Waals surface area contributed by atoms with Gasteiger partial charge in [-0.3, -0.25) is 10.2 Å². The molecule has 0 aromatic heterocycles. The number of benzene rings is 1. The standard InChI is InChI=1S/C14H20N2O2/c1-3-4-10-5-7-11(8-6-10)12-9(2)15-16-13(12)14(17)18/h5-9,12-13,15-16H,3-4H2,1-2H3,(H,17,18). The van der Waals surface area contributed by atoms with Gasteiger partial charge >= 0.3 is 5.97 Å². The minimum atomic E-state index is -0.811. The monoisotopic (exact) mass is 248 g/mol. The second kappa shape index (κ2) is 5.50. The fraction of sp³-hybridized carbons (Fsp3) is 0.500. The van der Waals surface area contributed by atoms with Crippen LogP contribution < -0.4 is 10.9 Å². The maximum absolute atomic E-state index is 11.2. The van der Waals surface area contributed by atoms with Gasteiger partial charge in [0.1, 0.15) is 6.04 Å². The molecule has 0 bridgehead atoms. The fourth-order valence-electron chi connectivity index (χ4n) is 2.58. The van der Waals surface area contributed by atoms with E-state index < -0.39 is 12.0 Å². The Labute approximate surface area is 107 Å². The average molecular weight is 248 g/mol. The molecule has 2 rings (SSSR count). The number of aryl methyl sites for hydroxylation is 1. The lowest BCUT2D eigenvalue weighted by Gasteiger charge is -2.18. The van der Waals surface area contributed by atoms with Crippen LogP contribution in [0.4, 0.5) is 0 Å². The minimum Gasteiger partial charge on any atom is -0.480 e. The Bertz CT molecular complexity index is 416. The molecular formula is C14H20N2O2. The molecule has 1 saturated heterocycles. The van der Waals surface area contributed by atoms with Crippen LogP contribution >= 0.6 is 0 Å². The molecule has 1 fully saturated rings. The van der Waals surface area contributed by atoms with Crippen LogP contribution in [0.2, 0.25) is 0 Å². The Balaban J connectivity index is 2.20. The van der Waals surface area contributed by atoms with Gasteiger partial charge in [0.25, 0.3) is 0 Å². The largest absolute Gasteiger partial charge is 0.480 e. The van der Waals surface area contributed by atoms with E-state index in [0.717, 1.165) is 18.4 Å². The van der Waals surface area contributed by atoms with Gasteiger partial charge in [0, 0.05) is 12.0 Å². The summed E-state index contributed by atoms with van der Waals surface area (Å²) in [6.45, 7) is 4.15. The summed E-state index contributed by atoms with van der Waals surface area (Å²) < 4.78 is 0. The molecule has 1 aliphatic heterocycles. The molecule has 98 valence electrons. The van der Waals surface area contributed by atoms with Gasteiger partial charge < -0.3 is 5.11 Å². The van der Waals surface area contributed by atoms with Gasteiger partial charge in [-0.05, 0) is 24.5 Å². The van der Waals surface area contributed by atoms with Gasteiger partial charge in [-0.15, -0.1) is 0 Å². The molecule has 1 heterocycles. The number of hydrogen-bond acceptors (Lipinski definition) is 3. The normalized spacial score (nSPS) is 27.3. The molecule has 1 aliphatic rings. The van der Waals surface area contributed by atoms with E-state index in [1.54, 1.807) is 0 Å². The van der Waals surface area contributed by atoms with Crippen molar-refractivity contribution in [1.82, 2.24) is 10.9 Å². The maximum atomic E-state index is 11.2. The summed E-state index contributed by atoms with van der Waals surface area (Å²) in [5.74, 6) is -0.840. The van der Waals surface area contributed by atoms with Crippen LogP contribution in [0.3, 0.4) is 0 Å². The highest BCUT2D eigenvalue weighted by molar-refractivity contribution is 5.75. The van der Waals surface area contributed by atoms with Gasteiger partial charge in [0.15, 0.2) is 0 Å². The molecule has 4 heteroatoms. The molecule has 0 spiro atoms. The van der Waals surface area contributed by atoms with Crippen LogP contribution in [0, 0.1) is 0 Å². The topological polar surface area (TPSA) is 61.4 Å². The smallest absolute Gasteiger partial charge is 0.322 e. The Hall–Kier alpha value is -1.39. The van der Waals surface area contributed by atoms with E-state index in [0.29, 0.717) is 0 Å². The van der Waals surface area contributed by atoms with Gasteiger partial charge in [0.2, 0.25) is 0 Å². The number of rotatable bonds is 4. The van der Waals surface area contributed by atoms with Crippen molar-refractivity contribution in [3.8, 4) is 0 Å². The van der Waals surface area contributed by atoms with Crippen LogP contribution in [0.15, 0.2) is 24.3 Å². The molecule has 4 nitrogen and oxygen atoms in total. The molecule has 0 radical (unpaired) electrons. The number of carboxylic acid groups (broad SMARTS) is 1. The Morgan fingerprint density at radius 2 is 1.94 bits per heavy atom. The number of hydrogen-bond donors (Lipinski definition) is 3. The number of carboxylic acids is 1. The van der Waals surface area contributed by atoms with Crippen molar-refractivity contribution in [2.45, 2.75) is 44.7 Å². The first kappa shape index (κ1) is 13.1. The number of carbonyl (C=O) groups is 1. The third-order valence-electron chi connectivity index (χ3n) is 3.53. The molecule has 0 aliphatic carbocycles. The molecule has 1 aromatic carbocycles. The highest BCUT2D eigenvalue weighted by Gasteiger charge is 2.38. The van der Waals surface area contributed by atoms with Crippen LogP contribution in [0.1, 0.15) is 37.3 Å². The first-order valence-electron chi connectivity index (χ1n) is 6.46. The molecule has 3 unspecified atom stereocenters. The van der Waals surface area contributed by atoms with E-state index in [1.807, 2.05) is 6.92 Å². The van der Waals surface area contributed by atoms with Crippen LogP contribution in [0.25, 0.3) is 0 Å². The lowest BCUT2D eigenvalue weighted by atomic mass is 9.87. The lowest BCUT2D eigenvalue weighted by molar-refractivity contribution is -0.139. The van der Waals surface area contributed by atoms with Crippen molar-refractivity contribution in [3.63, 3.8) is 0 Å². The number of aliphatic carboxylic acids is 1. The number of hydrazine groups is 1. The zero-order chi connectivity index (χ0) is 13.1. The molecular weight excluding hydrogens is 228 g/mol. The molecule has 3 atom stereocenters. The molecule has 3 N–H and O–H groups in total. The van der Waals surface area contributed by atoms with E-state index in [-0.39, 0.29) is 12.0 Å². The zero-order valence-corrected chi connectivity index (χ0v) is 10.8. The van der Waals surface area contributed by atoms with Crippen molar-refractivity contribution in [2.24, 2.45) is 0 Å². The second-order valence-electron chi connectivity index (χ2n) is 4.91. The molecule has 1 aromatic rings. The highest BCUT2D eigenvalue weighted by Crippen LogP contribution is 2.27. The van der Waals surface area contributed by atoms with Gasteiger partial charge in [0.05, 0.1) is 0 Å². The summed E-state index contributed by atoms with van der Waals surface area (Å²) in [6, 6.07) is 7.86. The average Bonchev–Trinajstić information content (AvgIpc) is 2.73. The first-order valence-corrected chi connectivity index (χ1v) is 6.46. The second-order valence-corrected chi connectivity index (χ2v) is 4.91. The predicted molar refractivity (Wildman–Crippen MR) is 70.3 cm³/mol.